The van der Waals surface area contributed by atoms with Crippen molar-refractivity contribution in [2.45, 2.75) is 11.4 Å². The van der Waals surface area contributed by atoms with E-state index in [0.29, 0.717) is 6.54 Å². The number of nitrogens with two attached hydrogens (primary N) is 1. The van der Waals surface area contributed by atoms with Crippen molar-refractivity contribution in [2.24, 2.45) is 5.14 Å². The van der Waals surface area contributed by atoms with Crippen molar-refractivity contribution in [2.75, 3.05) is 0 Å². The molecule has 0 aliphatic heterocycles. The highest BCUT2D eigenvalue weighted by molar-refractivity contribution is 7.89. The number of primary sulfonamides is 1. The number of sulfonamides is 1. The predicted molar refractivity (Wildman–Crippen MR) is 102 cm³/mol. The molecule has 0 spiro atoms. The molecule has 0 aliphatic rings. The van der Waals surface area contributed by atoms with Gasteiger partial charge in [-0.25, -0.2) is 18.5 Å². The molecule has 0 saturated carbocycles. The third-order valence-corrected chi connectivity index (χ3v) is 5.20. The second kappa shape index (κ2) is 6.86. The minimum absolute atomic E-state index is 0.0975. The fourth-order valence-electron chi connectivity index (χ4n) is 2.99. The van der Waals surface area contributed by atoms with Gasteiger partial charge in [0, 0.05) is 30.1 Å². The number of benzene rings is 2. The van der Waals surface area contributed by atoms with Gasteiger partial charge in [-0.1, -0.05) is 36.4 Å². The summed E-state index contributed by atoms with van der Waals surface area (Å²) in [6.07, 6.45) is 5.28. The lowest BCUT2D eigenvalue weighted by molar-refractivity contribution is 0.582. The highest BCUT2D eigenvalue weighted by Gasteiger charge is 2.14. The van der Waals surface area contributed by atoms with E-state index in [0.717, 1.165) is 28.3 Å². The fourth-order valence-corrected chi connectivity index (χ4v) is 3.50. The van der Waals surface area contributed by atoms with Crippen LogP contribution in [0.4, 0.5) is 0 Å². The number of imidazole rings is 1. The van der Waals surface area contributed by atoms with Gasteiger partial charge in [0.2, 0.25) is 10.0 Å². The summed E-state index contributed by atoms with van der Waals surface area (Å²) in [4.78, 5) is 4.61. The number of rotatable bonds is 5. The van der Waals surface area contributed by atoms with Gasteiger partial charge in [0.05, 0.1) is 11.2 Å². The van der Waals surface area contributed by atoms with Gasteiger partial charge in [0.1, 0.15) is 11.6 Å². The molecular formula is C20H17N3O3S. The van der Waals surface area contributed by atoms with Gasteiger partial charge in [-0.05, 0) is 29.8 Å². The van der Waals surface area contributed by atoms with Crippen LogP contribution >= 0.6 is 0 Å². The van der Waals surface area contributed by atoms with Gasteiger partial charge in [0.25, 0.3) is 0 Å². The second-order valence-electron chi connectivity index (χ2n) is 6.09. The first-order valence-electron chi connectivity index (χ1n) is 8.28. The van der Waals surface area contributed by atoms with E-state index < -0.39 is 10.0 Å². The number of hydrogen-bond acceptors (Lipinski definition) is 4. The molecule has 2 N–H and O–H groups in total. The van der Waals surface area contributed by atoms with Crippen molar-refractivity contribution in [3.8, 4) is 22.7 Å². The average Bonchev–Trinajstić information content (AvgIpc) is 3.33. The van der Waals surface area contributed by atoms with Gasteiger partial charge in [-0.3, -0.25) is 0 Å². The summed E-state index contributed by atoms with van der Waals surface area (Å²) in [5, 5.41) is 5.15. The highest BCUT2D eigenvalue weighted by Crippen LogP contribution is 2.31. The first-order valence-corrected chi connectivity index (χ1v) is 9.83. The molecule has 27 heavy (non-hydrogen) atoms. The van der Waals surface area contributed by atoms with Gasteiger partial charge in [-0.15, -0.1) is 0 Å². The van der Waals surface area contributed by atoms with Crippen LogP contribution in [0.15, 0.2) is 88.6 Å². The van der Waals surface area contributed by atoms with Crippen LogP contribution in [0.25, 0.3) is 22.7 Å². The molecule has 136 valence electrons. The molecule has 6 nitrogen and oxygen atoms in total. The maximum atomic E-state index is 11.4. The molecule has 2 aromatic carbocycles. The average molecular weight is 379 g/mol. The molecule has 4 aromatic rings. The number of hydrogen-bond donors (Lipinski definition) is 1. The van der Waals surface area contributed by atoms with Crippen molar-refractivity contribution in [3.05, 3.63) is 84.9 Å². The van der Waals surface area contributed by atoms with Crippen molar-refractivity contribution in [3.63, 3.8) is 0 Å². The molecule has 0 unspecified atom stereocenters. The molecule has 0 radical (unpaired) electrons. The van der Waals surface area contributed by atoms with Crippen LogP contribution in [-0.2, 0) is 16.6 Å². The molecule has 2 heterocycles. The van der Waals surface area contributed by atoms with Crippen molar-refractivity contribution in [1.29, 1.82) is 0 Å². The Morgan fingerprint density at radius 2 is 1.70 bits per heavy atom. The van der Waals surface area contributed by atoms with E-state index in [9.17, 15) is 8.42 Å². The standard InChI is InChI=1S/C20H17N3O3S/c21-27(24,25)16-9-7-15(8-10-16)14-23-12-11-22-20(23)18-5-2-1-4-17(18)19-6-3-13-26-19/h1-13H,14H2,(H2,21,24,25). The SMILES string of the molecule is NS(=O)(=O)c1ccc(Cn2ccnc2-c2ccccc2-c2ccco2)cc1. The predicted octanol–water partition coefficient (Wildman–Crippen LogP) is 3.51. The van der Waals surface area contributed by atoms with Gasteiger partial charge in [-0.2, -0.15) is 0 Å². The van der Waals surface area contributed by atoms with E-state index >= 15 is 0 Å². The Kier molecular flexibility index (Phi) is 4.39. The van der Waals surface area contributed by atoms with Crippen LogP contribution in [0.1, 0.15) is 5.56 Å². The van der Waals surface area contributed by atoms with Crippen molar-refractivity contribution < 1.29 is 12.8 Å². The Morgan fingerprint density at radius 1 is 0.963 bits per heavy atom. The molecular weight excluding hydrogens is 362 g/mol. The molecule has 0 bridgehead atoms. The Balaban J connectivity index is 1.69. The van der Waals surface area contributed by atoms with Crippen LogP contribution in [0.2, 0.25) is 0 Å². The molecule has 0 saturated heterocycles. The third-order valence-electron chi connectivity index (χ3n) is 4.27. The quantitative estimate of drug-likeness (QED) is 0.574. The zero-order valence-electron chi connectivity index (χ0n) is 14.3. The van der Waals surface area contributed by atoms with E-state index in [2.05, 4.69) is 4.98 Å². The monoisotopic (exact) mass is 379 g/mol. The first kappa shape index (κ1) is 17.3. The Labute approximate surface area is 157 Å². The lowest BCUT2D eigenvalue weighted by Gasteiger charge is -2.11. The van der Waals surface area contributed by atoms with E-state index in [1.54, 1.807) is 24.6 Å². The summed E-state index contributed by atoms with van der Waals surface area (Å²) in [5.74, 6) is 1.58. The van der Waals surface area contributed by atoms with Crippen LogP contribution in [0.3, 0.4) is 0 Å². The summed E-state index contributed by atoms with van der Waals surface area (Å²) >= 11 is 0. The lowest BCUT2D eigenvalue weighted by Crippen LogP contribution is -2.12. The molecule has 0 fully saturated rings. The largest absolute Gasteiger partial charge is 0.464 e. The molecule has 7 heteroatoms. The summed E-state index contributed by atoms with van der Waals surface area (Å²) < 4.78 is 30.4. The number of aromatic nitrogens is 2. The minimum atomic E-state index is -3.69. The van der Waals surface area contributed by atoms with E-state index in [1.165, 1.54) is 12.1 Å². The van der Waals surface area contributed by atoms with E-state index in [-0.39, 0.29) is 4.90 Å². The summed E-state index contributed by atoms with van der Waals surface area (Å²) in [6, 6.07) is 18.2. The second-order valence-corrected chi connectivity index (χ2v) is 7.65. The van der Waals surface area contributed by atoms with Crippen LogP contribution < -0.4 is 5.14 Å². The molecule has 4 rings (SSSR count). The van der Waals surface area contributed by atoms with Gasteiger partial charge < -0.3 is 8.98 Å². The summed E-state index contributed by atoms with van der Waals surface area (Å²) in [6.45, 7) is 0.548. The molecule has 0 atom stereocenters. The first-order chi connectivity index (χ1) is 13.0. The van der Waals surface area contributed by atoms with E-state index in [1.807, 2.05) is 47.2 Å². The summed E-state index contributed by atoms with van der Waals surface area (Å²) in [7, 11) is -3.69. The van der Waals surface area contributed by atoms with Crippen LogP contribution in [-0.4, -0.2) is 18.0 Å². The fraction of sp³-hybridized carbons (Fsp3) is 0.0500. The molecule has 0 amide bonds. The minimum Gasteiger partial charge on any atom is -0.464 e. The maximum absolute atomic E-state index is 11.4. The Hall–Kier alpha value is -3.16. The third kappa shape index (κ3) is 3.55. The smallest absolute Gasteiger partial charge is 0.238 e. The van der Waals surface area contributed by atoms with E-state index in [4.69, 9.17) is 9.56 Å². The topological polar surface area (TPSA) is 91.1 Å². The zero-order chi connectivity index (χ0) is 18.9. The molecule has 2 aromatic heterocycles. The summed E-state index contributed by atoms with van der Waals surface area (Å²) in [5.41, 5.74) is 2.86. The van der Waals surface area contributed by atoms with Crippen molar-refractivity contribution in [1.82, 2.24) is 9.55 Å². The van der Waals surface area contributed by atoms with Crippen LogP contribution in [0, 0.1) is 0 Å². The Bertz CT molecular complexity index is 1160. The van der Waals surface area contributed by atoms with Crippen molar-refractivity contribution >= 4 is 10.0 Å². The molecule has 0 aliphatic carbocycles. The van der Waals surface area contributed by atoms with Gasteiger partial charge >= 0.3 is 0 Å². The highest BCUT2D eigenvalue weighted by atomic mass is 32.2. The zero-order valence-corrected chi connectivity index (χ0v) is 15.1. The Morgan fingerprint density at radius 3 is 2.37 bits per heavy atom. The van der Waals surface area contributed by atoms with Crippen LogP contribution in [0.5, 0.6) is 0 Å². The lowest BCUT2D eigenvalue weighted by atomic mass is 10.0. The maximum Gasteiger partial charge on any atom is 0.238 e. The number of furan rings is 1. The van der Waals surface area contributed by atoms with Gasteiger partial charge in [0.15, 0.2) is 0 Å². The number of nitrogens with zero attached hydrogens (tertiary/aromatic N) is 2. The normalized spacial score (nSPS) is 11.6.